The number of alkyl halides is 1. The van der Waals surface area contributed by atoms with E-state index in [0.29, 0.717) is 5.76 Å². The summed E-state index contributed by atoms with van der Waals surface area (Å²) in [5.41, 5.74) is 0.914. The van der Waals surface area contributed by atoms with Gasteiger partial charge in [0.2, 0.25) is 0 Å². The summed E-state index contributed by atoms with van der Waals surface area (Å²) in [6.07, 6.45) is 1.70. The third-order valence-electron chi connectivity index (χ3n) is 3.14. The molecular weight excluding hydrogens is 383 g/mol. The van der Waals surface area contributed by atoms with E-state index in [1.54, 1.807) is 6.08 Å². The van der Waals surface area contributed by atoms with E-state index in [2.05, 4.69) is 0 Å². The van der Waals surface area contributed by atoms with Crippen LogP contribution in [0.2, 0.25) is 0 Å². The molecule has 0 spiro atoms. The second kappa shape index (κ2) is 5.40. The lowest BCUT2D eigenvalue weighted by molar-refractivity contribution is 0.100. The van der Waals surface area contributed by atoms with Gasteiger partial charge in [0.15, 0.2) is 5.78 Å². The van der Waals surface area contributed by atoms with Crippen molar-refractivity contribution in [3.8, 4) is 17.2 Å². The summed E-state index contributed by atoms with van der Waals surface area (Å²) in [6.45, 7) is 0. The first kappa shape index (κ1) is 13.9. The van der Waals surface area contributed by atoms with Crippen LogP contribution in [0.5, 0.6) is 17.2 Å². The molecule has 21 heavy (non-hydrogen) atoms. The third-order valence-corrected chi connectivity index (χ3v) is 4.06. The molecule has 5 heteroatoms. The lowest BCUT2D eigenvalue weighted by Gasteiger charge is -2.11. The first-order valence-electron chi connectivity index (χ1n) is 6.25. The van der Waals surface area contributed by atoms with Crippen LogP contribution < -0.4 is 4.74 Å². The monoisotopic (exact) mass is 394 g/mol. The van der Waals surface area contributed by atoms with Gasteiger partial charge in [-0.15, -0.1) is 0 Å². The summed E-state index contributed by atoms with van der Waals surface area (Å²) in [6, 6.07) is 11.8. The van der Waals surface area contributed by atoms with E-state index in [1.807, 2.05) is 52.9 Å². The molecule has 1 atom stereocenters. The van der Waals surface area contributed by atoms with Gasteiger partial charge in [-0.1, -0.05) is 52.9 Å². The van der Waals surface area contributed by atoms with Crippen molar-refractivity contribution in [1.29, 1.82) is 0 Å². The topological polar surface area (TPSA) is 66.8 Å². The van der Waals surface area contributed by atoms with E-state index in [9.17, 15) is 15.0 Å². The maximum Gasteiger partial charge on any atom is 0.187 e. The first-order valence-corrected chi connectivity index (χ1v) is 7.50. The summed E-state index contributed by atoms with van der Waals surface area (Å²) >= 11 is 1.99. The number of phenols is 2. The predicted molar refractivity (Wildman–Crippen MR) is 87.0 cm³/mol. The summed E-state index contributed by atoms with van der Waals surface area (Å²) in [5, 5.41) is 19.5. The fourth-order valence-corrected chi connectivity index (χ4v) is 2.81. The number of rotatable bonds is 1. The Morgan fingerprint density at radius 3 is 2.52 bits per heavy atom. The minimum atomic E-state index is -0.463. The Morgan fingerprint density at radius 2 is 1.81 bits per heavy atom. The number of hydrogen-bond acceptors (Lipinski definition) is 4. The van der Waals surface area contributed by atoms with E-state index in [0.717, 1.165) is 11.6 Å². The lowest BCUT2D eigenvalue weighted by Crippen LogP contribution is -2.10. The minimum Gasteiger partial charge on any atom is -0.508 e. The molecule has 0 saturated heterocycles. The number of ether oxygens (including phenoxy) is 1. The van der Waals surface area contributed by atoms with Gasteiger partial charge in [0, 0.05) is 17.7 Å². The number of fused-ring (bicyclic) bond motifs is 1. The number of aromatic hydroxyl groups is 2. The van der Waals surface area contributed by atoms with Crippen LogP contribution in [-0.4, -0.2) is 19.9 Å². The number of hydrogen-bond donors (Lipinski definition) is 2. The SMILES string of the molecule is O=C1c2c(O)cc(O)cc2OC(c2ccccc2)=CC1I. The van der Waals surface area contributed by atoms with E-state index in [4.69, 9.17) is 4.74 Å². The van der Waals surface area contributed by atoms with E-state index in [-0.39, 0.29) is 28.6 Å². The van der Waals surface area contributed by atoms with Crippen molar-refractivity contribution in [3.63, 3.8) is 0 Å². The molecule has 3 rings (SSSR count). The number of allylic oxidation sites excluding steroid dienone is 1. The van der Waals surface area contributed by atoms with Gasteiger partial charge in [0.05, 0.1) is 3.92 Å². The zero-order valence-electron chi connectivity index (χ0n) is 10.8. The van der Waals surface area contributed by atoms with E-state index >= 15 is 0 Å². The van der Waals surface area contributed by atoms with Gasteiger partial charge in [0.25, 0.3) is 0 Å². The quantitative estimate of drug-likeness (QED) is 0.574. The molecule has 0 bridgehead atoms. The van der Waals surface area contributed by atoms with Crippen LogP contribution in [0.25, 0.3) is 5.76 Å². The maximum absolute atomic E-state index is 12.4. The molecule has 1 unspecified atom stereocenters. The number of phenolic OH excluding ortho intramolecular Hbond substituents is 2. The van der Waals surface area contributed by atoms with Crippen LogP contribution in [0.4, 0.5) is 0 Å². The molecule has 0 amide bonds. The fraction of sp³-hybridized carbons (Fsp3) is 0.0625. The molecule has 0 aromatic heterocycles. The van der Waals surface area contributed by atoms with Gasteiger partial charge < -0.3 is 14.9 Å². The highest BCUT2D eigenvalue weighted by atomic mass is 127. The molecule has 1 heterocycles. The molecule has 1 aliphatic heterocycles. The van der Waals surface area contributed by atoms with Crippen molar-refractivity contribution in [2.45, 2.75) is 3.92 Å². The number of ketones is 1. The molecule has 0 radical (unpaired) electrons. The van der Waals surface area contributed by atoms with E-state index in [1.165, 1.54) is 6.07 Å². The number of carbonyl (C=O) groups is 1. The second-order valence-electron chi connectivity index (χ2n) is 4.60. The Kier molecular flexibility index (Phi) is 3.59. The molecule has 2 aromatic rings. The van der Waals surface area contributed by atoms with Crippen molar-refractivity contribution in [1.82, 2.24) is 0 Å². The normalized spacial score (nSPS) is 17.5. The molecule has 4 nitrogen and oxygen atoms in total. The van der Waals surface area contributed by atoms with Crippen molar-refractivity contribution in [3.05, 3.63) is 59.7 Å². The zero-order chi connectivity index (χ0) is 15.0. The summed E-state index contributed by atoms with van der Waals surface area (Å²) in [5.74, 6) is -0.00866. The van der Waals surface area contributed by atoms with Crippen molar-refractivity contribution < 1.29 is 19.7 Å². The Hall–Kier alpha value is -2.02. The largest absolute Gasteiger partial charge is 0.508 e. The lowest BCUT2D eigenvalue weighted by atomic mass is 10.1. The Bertz CT molecular complexity index is 737. The van der Waals surface area contributed by atoms with Crippen LogP contribution in [0.3, 0.4) is 0 Å². The van der Waals surface area contributed by atoms with Gasteiger partial charge in [-0.25, -0.2) is 0 Å². The highest BCUT2D eigenvalue weighted by molar-refractivity contribution is 14.1. The molecular formula is C16H11IO4. The molecule has 2 aromatic carbocycles. The van der Waals surface area contributed by atoms with Gasteiger partial charge in [-0.2, -0.15) is 0 Å². The van der Waals surface area contributed by atoms with Gasteiger partial charge in [-0.3, -0.25) is 4.79 Å². The summed E-state index contributed by atoms with van der Waals surface area (Å²) < 4.78 is 5.30. The minimum absolute atomic E-state index is 0.0920. The highest BCUT2D eigenvalue weighted by Crippen LogP contribution is 2.39. The number of carbonyl (C=O) groups excluding carboxylic acids is 1. The van der Waals surface area contributed by atoms with E-state index < -0.39 is 3.92 Å². The Balaban J connectivity index is 2.16. The van der Waals surface area contributed by atoms with Crippen LogP contribution >= 0.6 is 22.6 Å². The van der Waals surface area contributed by atoms with Gasteiger partial charge in [-0.05, 0) is 6.08 Å². The van der Waals surface area contributed by atoms with Crippen LogP contribution in [0, 0.1) is 0 Å². The molecule has 0 aliphatic carbocycles. The van der Waals surface area contributed by atoms with Crippen molar-refractivity contribution in [2.75, 3.05) is 0 Å². The Labute approximate surface area is 134 Å². The summed E-state index contributed by atoms with van der Waals surface area (Å²) in [4.78, 5) is 12.4. The standard InChI is InChI=1S/C16H11IO4/c17-11-8-13(9-4-2-1-3-5-9)21-14-7-10(18)6-12(19)15(14)16(11)20/h1-8,11,18-19H. The molecule has 0 fully saturated rings. The van der Waals surface area contributed by atoms with Crippen LogP contribution in [0.1, 0.15) is 15.9 Å². The van der Waals surface area contributed by atoms with Crippen molar-refractivity contribution in [2.24, 2.45) is 0 Å². The third kappa shape index (κ3) is 2.61. The average Bonchev–Trinajstić information content (AvgIpc) is 2.57. The Morgan fingerprint density at radius 1 is 1.10 bits per heavy atom. The number of Topliss-reactive ketones (excluding diaryl/α,β-unsaturated/α-hetero) is 1. The molecule has 106 valence electrons. The molecule has 2 N–H and O–H groups in total. The first-order chi connectivity index (χ1) is 10.1. The molecule has 0 saturated carbocycles. The smallest absolute Gasteiger partial charge is 0.187 e. The average molecular weight is 394 g/mol. The van der Waals surface area contributed by atoms with Gasteiger partial charge in [0.1, 0.15) is 28.6 Å². The van der Waals surface area contributed by atoms with Crippen LogP contribution in [0.15, 0.2) is 48.5 Å². The fourth-order valence-electron chi connectivity index (χ4n) is 2.17. The second-order valence-corrected chi connectivity index (χ2v) is 5.95. The van der Waals surface area contributed by atoms with Crippen LogP contribution in [-0.2, 0) is 0 Å². The zero-order valence-corrected chi connectivity index (χ0v) is 12.9. The highest BCUT2D eigenvalue weighted by Gasteiger charge is 2.28. The summed E-state index contributed by atoms with van der Waals surface area (Å²) in [7, 11) is 0. The predicted octanol–water partition coefficient (Wildman–Crippen LogP) is 3.52. The molecule has 1 aliphatic rings. The number of halogens is 1. The van der Waals surface area contributed by atoms with Gasteiger partial charge >= 0.3 is 0 Å². The van der Waals surface area contributed by atoms with Crippen molar-refractivity contribution >= 4 is 34.1 Å². The number of benzene rings is 2. The maximum atomic E-state index is 12.4.